The van der Waals surface area contributed by atoms with E-state index in [1.54, 1.807) is 6.92 Å². The van der Waals surface area contributed by atoms with Gasteiger partial charge in [-0.25, -0.2) is 13.6 Å². The second-order valence-electron chi connectivity index (χ2n) is 4.54. The van der Waals surface area contributed by atoms with Crippen molar-refractivity contribution < 1.29 is 37.4 Å². The average molecular weight is 341 g/mol. The number of hydrogen-bond donors (Lipinski definition) is 2. The van der Waals surface area contributed by atoms with Gasteiger partial charge >= 0.3 is 12.1 Å². The van der Waals surface area contributed by atoms with Crippen molar-refractivity contribution in [1.82, 2.24) is 0 Å². The highest BCUT2D eigenvalue weighted by Gasteiger charge is 2.26. The molecule has 0 aliphatic heterocycles. The maximum atomic E-state index is 13.3. The topological polar surface area (TPSA) is 98.0 Å². The van der Waals surface area contributed by atoms with Gasteiger partial charge in [-0.15, -0.1) is 0 Å². The third-order valence-corrected chi connectivity index (χ3v) is 2.70. The molecule has 128 valence electrons. The predicted octanol–water partition coefficient (Wildman–Crippen LogP) is 3.42. The lowest BCUT2D eigenvalue weighted by Crippen LogP contribution is -2.14. The van der Waals surface area contributed by atoms with Crippen LogP contribution in [0, 0.1) is 11.6 Å². The second-order valence-corrected chi connectivity index (χ2v) is 4.54. The number of furan rings is 1. The molecule has 24 heavy (non-hydrogen) atoms. The maximum Gasteiger partial charge on any atom is 0.414 e. The Morgan fingerprint density at radius 2 is 1.88 bits per heavy atom. The normalized spacial score (nSPS) is 10.3. The van der Waals surface area contributed by atoms with Crippen LogP contribution in [0.1, 0.15) is 13.8 Å². The summed E-state index contributed by atoms with van der Waals surface area (Å²) in [5, 5.41) is 12.3. The van der Waals surface area contributed by atoms with Crippen LogP contribution in [0.15, 0.2) is 22.6 Å². The van der Waals surface area contributed by atoms with Crippen molar-refractivity contribution in [3.8, 4) is 22.8 Å². The molecule has 9 heteroatoms. The maximum absolute atomic E-state index is 13.3. The molecule has 0 radical (unpaired) electrons. The Kier molecular flexibility index (Phi) is 5.02. The van der Waals surface area contributed by atoms with Gasteiger partial charge in [0.15, 0.2) is 5.76 Å². The molecule has 0 saturated carbocycles. The van der Waals surface area contributed by atoms with Gasteiger partial charge in [-0.3, -0.25) is 10.1 Å². The molecule has 2 rings (SSSR count). The van der Waals surface area contributed by atoms with Crippen LogP contribution in [-0.4, -0.2) is 23.8 Å². The molecular weight excluding hydrogens is 328 g/mol. The largest absolute Gasteiger partial charge is 0.502 e. The summed E-state index contributed by atoms with van der Waals surface area (Å²) in [5.74, 6) is -4.67. The molecule has 0 fully saturated rings. The minimum atomic E-state index is -0.934. The van der Waals surface area contributed by atoms with Gasteiger partial charge in [0, 0.05) is 18.6 Å². The monoisotopic (exact) mass is 341 g/mol. The Bertz CT molecular complexity index is 766. The predicted molar refractivity (Wildman–Crippen MR) is 77.7 cm³/mol. The Hall–Kier alpha value is -3.10. The van der Waals surface area contributed by atoms with Crippen LogP contribution < -0.4 is 10.1 Å². The lowest BCUT2D eigenvalue weighted by Gasteiger charge is -2.04. The van der Waals surface area contributed by atoms with Crippen LogP contribution in [0.3, 0.4) is 0 Å². The summed E-state index contributed by atoms with van der Waals surface area (Å²) < 4.78 is 41.3. The van der Waals surface area contributed by atoms with E-state index < -0.39 is 46.8 Å². The van der Waals surface area contributed by atoms with Crippen LogP contribution >= 0.6 is 0 Å². The van der Waals surface area contributed by atoms with E-state index in [-0.39, 0.29) is 12.2 Å². The molecule has 0 atom stereocenters. The molecule has 1 aromatic carbocycles. The van der Waals surface area contributed by atoms with Crippen molar-refractivity contribution >= 4 is 17.9 Å². The first-order valence-electron chi connectivity index (χ1n) is 6.76. The Morgan fingerprint density at radius 3 is 2.42 bits per heavy atom. The van der Waals surface area contributed by atoms with Crippen LogP contribution in [0.2, 0.25) is 0 Å². The Balaban J connectivity index is 2.50. The third-order valence-electron chi connectivity index (χ3n) is 2.70. The molecule has 0 saturated heterocycles. The van der Waals surface area contributed by atoms with E-state index in [9.17, 15) is 23.5 Å². The number of aromatic hydroxyl groups is 1. The smallest absolute Gasteiger partial charge is 0.414 e. The first-order valence-corrected chi connectivity index (χ1v) is 6.76. The summed E-state index contributed by atoms with van der Waals surface area (Å²) in [5.41, 5.74) is -0.157. The highest BCUT2D eigenvalue weighted by Crippen LogP contribution is 2.46. The minimum absolute atomic E-state index is 0.0589. The van der Waals surface area contributed by atoms with Gasteiger partial charge in [0.1, 0.15) is 11.6 Å². The summed E-state index contributed by atoms with van der Waals surface area (Å²) >= 11 is 0. The van der Waals surface area contributed by atoms with Crippen molar-refractivity contribution in [2.75, 3.05) is 11.9 Å². The molecule has 0 bridgehead atoms. The van der Waals surface area contributed by atoms with Crippen molar-refractivity contribution in [3.05, 3.63) is 29.8 Å². The van der Waals surface area contributed by atoms with Gasteiger partial charge in [-0.2, -0.15) is 0 Å². The van der Waals surface area contributed by atoms with Gasteiger partial charge in [0.25, 0.3) is 5.88 Å². The highest BCUT2D eigenvalue weighted by molar-refractivity contribution is 5.89. The van der Waals surface area contributed by atoms with E-state index >= 15 is 0 Å². The molecule has 7 nitrogen and oxygen atoms in total. The molecule has 0 aliphatic rings. The second kappa shape index (κ2) is 6.99. The molecule has 0 unspecified atom stereocenters. The molecule has 1 amide bonds. The zero-order valence-electron chi connectivity index (χ0n) is 12.7. The molecular formula is C15H13F2NO6. The first kappa shape index (κ1) is 17.3. The van der Waals surface area contributed by atoms with Gasteiger partial charge in [0.05, 0.1) is 6.61 Å². The summed E-state index contributed by atoms with van der Waals surface area (Å²) in [6, 6.07) is 2.43. The molecule has 2 N–H and O–H groups in total. The lowest BCUT2D eigenvalue weighted by atomic mass is 10.1. The van der Waals surface area contributed by atoms with Gasteiger partial charge < -0.3 is 19.0 Å². The fourth-order valence-electron chi connectivity index (χ4n) is 1.87. The number of esters is 1. The van der Waals surface area contributed by atoms with Crippen molar-refractivity contribution in [2.45, 2.75) is 13.8 Å². The molecule has 0 spiro atoms. The Labute approximate surface area is 134 Å². The first-order chi connectivity index (χ1) is 11.3. The molecule has 1 heterocycles. The van der Waals surface area contributed by atoms with E-state index in [0.717, 1.165) is 19.1 Å². The SMILES string of the molecule is CCOC(=O)Nc1oc(-c2cc(F)cc(F)c2)c(O)c1OC(C)=O. The van der Waals surface area contributed by atoms with Gasteiger partial charge in [0.2, 0.25) is 11.5 Å². The number of amides is 1. The summed E-state index contributed by atoms with van der Waals surface area (Å²) in [6.07, 6.45) is -0.934. The Morgan fingerprint density at radius 1 is 1.25 bits per heavy atom. The summed E-state index contributed by atoms with van der Waals surface area (Å²) in [7, 11) is 0. The van der Waals surface area contributed by atoms with Crippen LogP contribution in [0.4, 0.5) is 19.5 Å². The quantitative estimate of drug-likeness (QED) is 0.827. The van der Waals surface area contributed by atoms with E-state index in [1.807, 2.05) is 0 Å². The van der Waals surface area contributed by atoms with Gasteiger partial charge in [-0.05, 0) is 19.1 Å². The lowest BCUT2D eigenvalue weighted by molar-refractivity contribution is -0.132. The van der Waals surface area contributed by atoms with E-state index in [4.69, 9.17) is 9.15 Å². The van der Waals surface area contributed by atoms with E-state index in [1.165, 1.54) is 0 Å². The standard InChI is InChI=1S/C15H13F2NO6/c1-3-22-15(21)18-14-13(23-7(2)19)11(20)12(24-14)8-4-9(16)6-10(17)5-8/h4-6,20H,3H2,1-2H3,(H,18,21). The molecule has 0 aliphatic carbocycles. The zero-order chi connectivity index (χ0) is 17.9. The highest BCUT2D eigenvalue weighted by atomic mass is 19.1. The van der Waals surface area contributed by atoms with Crippen LogP contribution in [0.25, 0.3) is 11.3 Å². The third kappa shape index (κ3) is 3.80. The number of nitrogens with one attached hydrogen (secondary N) is 1. The number of halogens is 2. The minimum Gasteiger partial charge on any atom is -0.502 e. The molecule has 1 aromatic heterocycles. The number of anilines is 1. The van der Waals surface area contributed by atoms with Crippen molar-refractivity contribution in [3.63, 3.8) is 0 Å². The number of hydrogen-bond acceptors (Lipinski definition) is 6. The van der Waals surface area contributed by atoms with Crippen molar-refractivity contribution in [2.24, 2.45) is 0 Å². The van der Waals surface area contributed by atoms with Crippen molar-refractivity contribution in [1.29, 1.82) is 0 Å². The number of benzene rings is 1. The van der Waals surface area contributed by atoms with E-state index in [0.29, 0.717) is 6.07 Å². The average Bonchev–Trinajstić information content (AvgIpc) is 2.75. The molecule has 2 aromatic rings. The number of rotatable bonds is 4. The van der Waals surface area contributed by atoms with Gasteiger partial charge in [-0.1, -0.05) is 0 Å². The van der Waals surface area contributed by atoms with Crippen LogP contribution in [-0.2, 0) is 9.53 Å². The summed E-state index contributed by atoms with van der Waals surface area (Å²) in [6.45, 7) is 2.68. The van der Waals surface area contributed by atoms with Crippen LogP contribution in [0.5, 0.6) is 11.5 Å². The fourth-order valence-corrected chi connectivity index (χ4v) is 1.87. The number of ether oxygens (including phenoxy) is 2. The number of carbonyl (C=O) groups is 2. The number of carbonyl (C=O) groups excluding carboxylic acids is 2. The summed E-state index contributed by atoms with van der Waals surface area (Å²) in [4.78, 5) is 22.6. The zero-order valence-corrected chi connectivity index (χ0v) is 12.7. The van der Waals surface area contributed by atoms with E-state index in [2.05, 4.69) is 10.1 Å². The fraction of sp³-hybridized carbons (Fsp3) is 0.200.